The predicted molar refractivity (Wildman–Crippen MR) is 76.8 cm³/mol. The Morgan fingerprint density at radius 2 is 1.83 bits per heavy atom. The van der Waals surface area contributed by atoms with Gasteiger partial charge in [-0.2, -0.15) is 0 Å². The summed E-state index contributed by atoms with van der Waals surface area (Å²) < 4.78 is 0. The van der Waals surface area contributed by atoms with Crippen LogP contribution in [0.4, 0.5) is 5.69 Å². The van der Waals surface area contributed by atoms with E-state index in [0.29, 0.717) is 6.04 Å². The van der Waals surface area contributed by atoms with E-state index >= 15 is 0 Å². The highest BCUT2D eigenvalue weighted by atomic mass is 16.3. The molecule has 1 N–H and O–H groups in total. The molecule has 0 atom stereocenters. The van der Waals surface area contributed by atoms with Crippen LogP contribution in [0.3, 0.4) is 0 Å². The molecule has 0 radical (unpaired) electrons. The summed E-state index contributed by atoms with van der Waals surface area (Å²) in [6.07, 6.45) is 6.60. The van der Waals surface area contributed by atoms with Gasteiger partial charge in [-0.1, -0.05) is 31.5 Å². The number of hydrogen-bond acceptors (Lipinski definition) is 2. The minimum Gasteiger partial charge on any atom is -0.392 e. The summed E-state index contributed by atoms with van der Waals surface area (Å²) in [6, 6.07) is 8.83. The van der Waals surface area contributed by atoms with Gasteiger partial charge in [-0.15, -0.1) is 0 Å². The number of rotatable bonds is 4. The first-order valence-electron chi connectivity index (χ1n) is 7.17. The second kappa shape index (κ2) is 6.24. The van der Waals surface area contributed by atoms with Gasteiger partial charge in [0.05, 0.1) is 6.61 Å². The van der Waals surface area contributed by atoms with Gasteiger partial charge in [-0.3, -0.25) is 0 Å². The number of anilines is 1. The van der Waals surface area contributed by atoms with Crippen molar-refractivity contribution in [3.8, 4) is 0 Å². The molecule has 0 aromatic heterocycles. The molecule has 2 rings (SSSR count). The van der Waals surface area contributed by atoms with Crippen molar-refractivity contribution in [2.24, 2.45) is 5.92 Å². The molecule has 1 fully saturated rings. The molecule has 1 aliphatic carbocycles. The van der Waals surface area contributed by atoms with Gasteiger partial charge in [0.25, 0.3) is 0 Å². The van der Waals surface area contributed by atoms with Gasteiger partial charge in [0, 0.05) is 24.3 Å². The Bertz CT molecular complexity index is 369. The van der Waals surface area contributed by atoms with E-state index in [1.165, 1.54) is 37.8 Å². The van der Waals surface area contributed by atoms with Crippen LogP contribution in [0.2, 0.25) is 0 Å². The van der Waals surface area contributed by atoms with Gasteiger partial charge in [0.2, 0.25) is 0 Å². The lowest BCUT2D eigenvalue weighted by Crippen LogP contribution is -2.35. The van der Waals surface area contributed by atoms with E-state index in [1.54, 1.807) is 0 Å². The number of benzene rings is 1. The van der Waals surface area contributed by atoms with Crippen LogP contribution in [0.5, 0.6) is 0 Å². The van der Waals surface area contributed by atoms with Crippen molar-refractivity contribution in [2.75, 3.05) is 11.9 Å². The molecule has 18 heavy (non-hydrogen) atoms. The Hall–Kier alpha value is -1.02. The van der Waals surface area contributed by atoms with E-state index in [1.807, 2.05) is 12.1 Å². The summed E-state index contributed by atoms with van der Waals surface area (Å²) >= 11 is 0. The molecule has 0 heterocycles. The Morgan fingerprint density at radius 3 is 2.44 bits per heavy atom. The molecule has 0 unspecified atom stereocenters. The lowest BCUT2D eigenvalue weighted by atomic mass is 9.84. The second-order valence-electron chi connectivity index (χ2n) is 5.48. The molecule has 100 valence electrons. The molecule has 2 nitrogen and oxygen atoms in total. The SMILES string of the molecule is CCC1CCC(N(C)c2ccccc2CO)CC1. The van der Waals surface area contributed by atoms with E-state index in [2.05, 4.69) is 31.0 Å². The zero-order chi connectivity index (χ0) is 13.0. The van der Waals surface area contributed by atoms with E-state index in [9.17, 15) is 5.11 Å². The van der Waals surface area contributed by atoms with E-state index in [-0.39, 0.29) is 6.61 Å². The lowest BCUT2D eigenvalue weighted by molar-refractivity contribution is 0.280. The molecule has 1 aromatic carbocycles. The average molecular weight is 247 g/mol. The number of para-hydroxylation sites is 1. The highest BCUT2D eigenvalue weighted by Crippen LogP contribution is 2.32. The van der Waals surface area contributed by atoms with Crippen molar-refractivity contribution < 1.29 is 5.11 Å². The Balaban J connectivity index is 2.05. The predicted octanol–water partition coefficient (Wildman–Crippen LogP) is 3.58. The molecular weight excluding hydrogens is 222 g/mol. The fourth-order valence-corrected chi connectivity index (χ4v) is 3.13. The number of aliphatic hydroxyl groups excluding tert-OH is 1. The molecule has 1 saturated carbocycles. The third kappa shape index (κ3) is 2.86. The second-order valence-corrected chi connectivity index (χ2v) is 5.48. The zero-order valence-corrected chi connectivity index (χ0v) is 11.6. The number of hydrogen-bond donors (Lipinski definition) is 1. The van der Waals surface area contributed by atoms with Crippen LogP contribution in [0.15, 0.2) is 24.3 Å². The highest BCUT2D eigenvalue weighted by Gasteiger charge is 2.23. The van der Waals surface area contributed by atoms with Gasteiger partial charge in [0.1, 0.15) is 0 Å². The standard InChI is InChI=1S/C16H25NO/c1-3-13-8-10-15(11-9-13)17(2)16-7-5-4-6-14(16)12-18/h4-7,13,15,18H,3,8-12H2,1-2H3. The van der Waals surface area contributed by atoms with Gasteiger partial charge >= 0.3 is 0 Å². The number of aliphatic hydroxyl groups is 1. The maximum absolute atomic E-state index is 9.42. The van der Waals surface area contributed by atoms with Gasteiger partial charge < -0.3 is 10.0 Å². The molecule has 0 amide bonds. The normalized spacial score (nSPS) is 23.9. The number of nitrogens with zero attached hydrogens (tertiary/aromatic N) is 1. The maximum atomic E-state index is 9.42. The Morgan fingerprint density at radius 1 is 1.17 bits per heavy atom. The van der Waals surface area contributed by atoms with Crippen LogP contribution in [0, 0.1) is 5.92 Å². The van der Waals surface area contributed by atoms with Gasteiger partial charge in [0.15, 0.2) is 0 Å². The average Bonchev–Trinajstić information content (AvgIpc) is 2.46. The Kier molecular flexibility index (Phi) is 4.65. The van der Waals surface area contributed by atoms with Crippen LogP contribution in [0.25, 0.3) is 0 Å². The van der Waals surface area contributed by atoms with Crippen LogP contribution >= 0.6 is 0 Å². The molecule has 0 spiro atoms. The molecule has 0 bridgehead atoms. The summed E-state index contributed by atoms with van der Waals surface area (Å²) in [4.78, 5) is 2.37. The van der Waals surface area contributed by atoms with Crippen LogP contribution in [-0.2, 0) is 6.61 Å². The summed E-state index contributed by atoms with van der Waals surface area (Å²) in [6.45, 7) is 2.43. The fourth-order valence-electron chi connectivity index (χ4n) is 3.13. The zero-order valence-electron chi connectivity index (χ0n) is 11.6. The van der Waals surface area contributed by atoms with Crippen molar-refractivity contribution in [3.05, 3.63) is 29.8 Å². The monoisotopic (exact) mass is 247 g/mol. The van der Waals surface area contributed by atoms with Crippen LogP contribution in [0.1, 0.15) is 44.6 Å². The molecule has 1 aromatic rings. The van der Waals surface area contributed by atoms with Crippen molar-refractivity contribution >= 4 is 5.69 Å². The summed E-state index contributed by atoms with van der Waals surface area (Å²) in [7, 11) is 2.17. The van der Waals surface area contributed by atoms with E-state index in [0.717, 1.165) is 11.5 Å². The maximum Gasteiger partial charge on any atom is 0.0702 e. The smallest absolute Gasteiger partial charge is 0.0702 e. The molecule has 0 saturated heterocycles. The molecule has 0 aliphatic heterocycles. The first-order valence-corrected chi connectivity index (χ1v) is 7.17. The van der Waals surface area contributed by atoms with Crippen LogP contribution < -0.4 is 4.90 Å². The minimum atomic E-state index is 0.130. The third-order valence-electron chi connectivity index (χ3n) is 4.48. The first kappa shape index (κ1) is 13.4. The van der Waals surface area contributed by atoms with Gasteiger partial charge in [-0.25, -0.2) is 0 Å². The first-order chi connectivity index (χ1) is 8.76. The molecular formula is C16H25NO. The van der Waals surface area contributed by atoms with Crippen LogP contribution in [-0.4, -0.2) is 18.2 Å². The molecule has 2 heteroatoms. The minimum absolute atomic E-state index is 0.130. The van der Waals surface area contributed by atoms with Crippen molar-refractivity contribution in [2.45, 2.75) is 51.7 Å². The third-order valence-corrected chi connectivity index (χ3v) is 4.48. The summed E-state index contributed by atoms with van der Waals surface area (Å²) in [5, 5.41) is 9.42. The Labute approximate surface area is 111 Å². The fraction of sp³-hybridized carbons (Fsp3) is 0.625. The lowest BCUT2D eigenvalue weighted by Gasteiger charge is -2.36. The van der Waals surface area contributed by atoms with Crippen molar-refractivity contribution in [3.63, 3.8) is 0 Å². The highest BCUT2D eigenvalue weighted by molar-refractivity contribution is 5.53. The van der Waals surface area contributed by atoms with Crippen molar-refractivity contribution in [1.29, 1.82) is 0 Å². The molecule has 1 aliphatic rings. The summed E-state index contributed by atoms with van der Waals surface area (Å²) in [5.41, 5.74) is 2.23. The topological polar surface area (TPSA) is 23.5 Å². The van der Waals surface area contributed by atoms with E-state index in [4.69, 9.17) is 0 Å². The quantitative estimate of drug-likeness (QED) is 0.879. The summed E-state index contributed by atoms with van der Waals surface area (Å²) in [5.74, 6) is 0.933. The van der Waals surface area contributed by atoms with Gasteiger partial charge in [-0.05, 0) is 37.7 Å². The van der Waals surface area contributed by atoms with E-state index < -0.39 is 0 Å². The largest absolute Gasteiger partial charge is 0.392 e. The van der Waals surface area contributed by atoms with Crippen molar-refractivity contribution in [1.82, 2.24) is 0 Å².